The van der Waals surface area contributed by atoms with E-state index in [0.29, 0.717) is 19.6 Å². The summed E-state index contributed by atoms with van der Waals surface area (Å²) in [7, 11) is 0. The van der Waals surface area contributed by atoms with Gasteiger partial charge in [0.1, 0.15) is 6.61 Å². The highest BCUT2D eigenvalue weighted by Gasteiger charge is 2.13. The standard InChI is InChI=1S/C16H30O3/c1-2-3-12-18-13-14-19-16(17)11-7-10-15-8-5-4-6-9-15/h15H,2-14H2,1H3. The van der Waals surface area contributed by atoms with Gasteiger partial charge in [0.05, 0.1) is 6.61 Å². The molecule has 1 rings (SSSR count). The van der Waals surface area contributed by atoms with Crippen LogP contribution in [-0.2, 0) is 14.3 Å². The molecule has 1 aliphatic carbocycles. The van der Waals surface area contributed by atoms with Crippen molar-refractivity contribution in [3.8, 4) is 0 Å². The molecule has 0 aromatic carbocycles. The number of rotatable bonds is 10. The maximum atomic E-state index is 11.5. The third kappa shape index (κ3) is 9.04. The van der Waals surface area contributed by atoms with E-state index in [1.54, 1.807) is 0 Å². The van der Waals surface area contributed by atoms with Crippen molar-refractivity contribution in [1.29, 1.82) is 0 Å². The van der Waals surface area contributed by atoms with Crippen molar-refractivity contribution in [3.05, 3.63) is 0 Å². The Morgan fingerprint density at radius 2 is 1.84 bits per heavy atom. The monoisotopic (exact) mass is 270 g/mol. The van der Waals surface area contributed by atoms with Gasteiger partial charge in [0.25, 0.3) is 0 Å². The van der Waals surface area contributed by atoms with E-state index in [1.165, 1.54) is 38.5 Å². The fraction of sp³-hybridized carbons (Fsp3) is 0.938. The predicted octanol–water partition coefficient (Wildman–Crippen LogP) is 4.10. The first-order chi connectivity index (χ1) is 9.33. The van der Waals surface area contributed by atoms with Crippen LogP contribution in [0.4, 0.5) is 0 Å². The zero-order valence-corrected chi connectivity index (χ0v) is 12.5. The normalized spacial score (nSPS) is 16.5. The van der Waals surface area contributed by atoms with Crippen LogP contribution in [-0.4, -0.2) is 25.8 Å². The molecule has 1 saturated carbocycles. The number of carbonyl (C=O) groups is 1. The molecule has 0 saturated heterocycles. The Labute approximate surface area is 118 Å². The average molecular weight is 270 g/mol. The van der Waals surface area contributed by atoms with Gasteiger partial charge in [-0.2, -0.15) is 0 Å². The molecule has 0 bridgehead atoms. The van der Waals surface area contributed by atoms with Crippen molar-refractivity contribution in [2.24, 2.45) is 5.92 Å². The fourth-order valence-corrected chi connectivity index (χ4v) is 2.65. The summed E-state index contributed by atoms with van der Waals surface area (Å²) in [5.74, 6) is 0.800. The number of unbranched alkanes of at least 4 members (excludes halogenated alkanes) is 1. The number of hydrogen-bond acceptors (Lipinski definition) is 3. The van der Waals surface area contributed by atoms with Crippen LogP contribution in [0, 0.1) is 5.92 Å². The van der Waals surface area contributed by atoms with Crippen LogP contribution in [0.2, 0.25) is 0 Å². The second-order valence-corrected chi connectivity index (χ2v) is 5.58. The molecular formula is C16H30O3. The van der Waals surface area contributed by atoms with E-state index >= 15 is 0 Å². The highest BCUT2D eigenvalue weighted by atomic mass is 16.6. The van der Waals surface area contributed by atoms with Crippen molar-refractivity contribution in [1.82, 2.24) is 0 Å². The summed E-state index contributed by atoms with van der Waals surface area (Å²) in [6, 6.07) is 0. The first-order valence-corrected chi connectivity index (χ1v) is 8.06. The Kier molecular flexibility index (Phi) is 9.78. The Hall–Kier alpha value is -0.570. The molecule has 3 heteroatoms. The molecule has 0 unspecified atom stereocenters. The fourth-order valence-electron chi connectivity index (χ4n) is 2.65. The van der Waals surface area contributed by atoms with Gasteiger partial charge in [-0.25, -0.2) is 0 Å². The summed E-state index contributed by atoms with van der Waals surface area (Å²) in [6.07, 6.45) is 11.9. The first kappa shape index (κ1) is 16.5. The van der Waals surface area contributed by atoms with Gasteiger partial charge in [-0.05, 0) is 25.2 Å². The van der Waals surface area contributed by atoms with Gasteiger partial charge in [0, 0.05) is 13.0 Å². The van der Waals surface area contributed by atoms with Gasteiger partial charge in [0.2, 0.25) is 0 Å². The molecule has 3 nitrogen and oxygen atoms in total. The quantitative estimate of drug-likeness (QED) is 0.443. The zero-order valence-electron chi connectivity index (χ0n) is 12.5. The highest BCUT2D eigenvalue weighted by molar-refractivity contribution is 5.69. The molecule has 0 radical (unpaired) electrons. The van der Waals surface area contributed by atoms with Gasteiger partial charge in [-0.3, -0.25) is 4.79 Å². The Morgan fingerprint density at radius 1 is 1.05 bits per heavy atom. The third-order valence-electron chi connectivity index (χ3n) is 3.85. The van der Waals surface area contributed by atoms with Crippen molar-refractivity contribution in [2.45, 2.75) is 71.1 Å². The number of esters is 1. The van der Waals surface area contributed by atoms with Crippen LogP contribution in [0.5, 0.6) is 0 Å². The lowest BCUT2D eigenvalue weighted by Gasteiger charge is -2.20. The van der Waals surface area contributed by atoms with Crippen LogP contribution in [0.15, 0.2) is 0 Å². The van der Waals surface area contributed by atoms with E-state index in [1.807, 2.05) is 0 Å². The molecule has 0 aromatic rings. The summed E-state index contributed by atoms with van der Waals surface area (Å²) >= 11 is 0. The van der Waals surface area contributed by atoms with Gasteiger partial charge in [-0.1, -0.05) is 45.4 Å². The lowest BCUT2D eigenvalue weighted by atomic mass is 9.86. The average Bonchev–Trinajstić information content (AvgIpc) is 2.44. The molecule has 0 aliphatic heterocycles. The predicted molar refractivity (Wildman–Crippen MR) is 77.1 cm³/mol. The van der Waals surface area contributed by atoms with Gasteiger partial charge in [0.15, 0.2) is 0 Å². The second kappa shape index (κ2) is 11.3. The van der Waals surface area contributed by atoms with Crippen LogP contribution in [0.25, 0.3) is 0 Å². The number of ether oxygens (including phenoxy) is 2. The molecule has 0 spiro atoms. The zero-order chi connectivity index (χ0) is 13.8. The minimum absolute atomic E-state index is 0.0603. The summed E-state index contributed by atoms with van der Waals surface area (Å²) in [4.78, 5) is 11.5. The van der Waals surface area contributed by atoms with Crippen LogP contribution >= 0.6 is 0 Å². The second-order valence-electron chi connectivity index (χ2n) is 5.58. The minimum Gasteiger partial charge on any atom is -0.463 e. The Bertz CT molecular complexity index is 222. The number of hydrogen-bond donors (Lipinski definition) is 0. The lowest BCUT2D eigenvalue weighted by molar-refractivity contribution is -0.145. The molecule has 0 amide bonds. The van der Waals surface area contributed by atoms with Crippen molar-refractivity contribution in [3.63, 3.8) is 0 Å². The SMILES string of the molecule is CCCCOCCOC(=O)CCCC1CCCCC1. The largest absolute Gasteiger partial charge is 0.463 e. The Morgan fingerprint density at radius 3 is 2.58 bits per heavy atom. The maximum Gasteiger partial charge on any atom is 0.305 e. The summed E-state index contributed by atoms with van der Waals surface area (Å²) < 4.78 is 10.5. The molecular weight excluding hydrogens is 240 g/mol. The molecule has 0 N–H and O–H groups in total. The van der Waals surface area contributed by atoms with E-state index in [-0.39, 0.29) is 5.97 Å². The molecule has 0 heterocycles. The number of carbonyl (C=O) groups excluding carboxylic acids is 1. The third-order valence-corrected chi connectivity index (χ3v) is 3.85. The highest BCUT2D eigenvalue weighted by Crippen LogP contribution is 2.27. The van der Waals surface area contributed by atoms with Gasteiger partial charge in [-0.15, -0.1) is 0 Å². The van der Waals surface area contributed by atoms with Crippen molar-refractivity contribution < 1.29 is 14.3 Å². The van der Waals surface area contributed by atoms with Crippen molar-refractivity contribution >= 4 is 5.97 Å². The van der Waals surface area contributed by atoms with E-state index < -0.39 is 0 Å². The smallest absolute Gasteiger partial charge is 0.305 e. The first-order valence-electron chi connectivity index (χ1n) is 8.06. The van der Waals surface area contributed by atoms with Crippen LogP contribution in [0.1, 0.15) is 71.1 Å². The lowest BCUT2D eigenvalue weighted by Crippen LogP contribution is -2.12. The molecule has 112 valence electrons. The maximum absolute atomic E-state index is 11.5. The molecule has 0 aromatic heterocycles. The minimum atomic E-state index is -0.0603. The molecule has 1 aliphatic rings. The van der Waals surface area contributed by atoms with E-state index in [4.69, 9.17) is 9.47 Å². The van der Waals surface area contributed by atoms with E-state index in [0.717, 1.165) is 31.8 Å². The van der Waals surface area contributed by atoms with Crippen molar-refractivity contribution in [2.75, 3.05) is 19.8 Å². The summed E-state index contributed by atoms with van der Waals surface area (Å²) in [5, 5.41) is 0. The van der Waals surface area contributed by atoms with E-state index in [9.17, 15) is 4.79 Å². The molecule has 1 fully saturated rings. The van der Waals surface area contributed by atoms with Crippen LogP contribution in [0.3, 0.4) is 0 Å². The summed E-state index contributed by atoms with van der Waals surface area (Å²) in [5.41, 5.74) is 0. The Balaban J connectivity index is 1.87. The molecule has 19 heavy (non-hydrogen) atoms. The van der Waals surface area contributed by atoms with Crippen LogP contribution < -0.4 is 0 Å². The van der Waals surface area contributed by atoms with Gasteiger partial charge >= 0.3 is 5.97 Å². The summed E-state index contributed by atoms with van der Waals surface area (Å²) in [6.45, 7) is 3.85. The van der Waals surface area contributed by atoms with E-state index in [2.05, 4.69) is 6.92 Å². The topological polar surface area (TPSA) is 35.5 Å². The molecule has 0 atom stereocenters. The van der Waals surface area contributed by atoms with Gasteiger partial charge < -0.3 is 9.47 Å².